The van der Waals surface area contributed by atoms with Gasteiger partial charge in [0.1, 0.15) is 0 Å². The monoisotopic (exact) mass is 210 g/mol. The van der Waals surface area contributed by atoms with Gasteiger partial charge in [-0.25, -0.2) is 4.98 Å². The molecule has 1 aromatic heterocycles. The van der Waals surface area contributed by atoms with Crippen LogP contribution in [-0.4, -0.2) is 11.5 Å². The highest BCUT2D eigenvalue weighted by atomic mass is 32.1. The molecule has 0 amide bonds. The highest BCUT2D eigenvalue weighted by Crippen LogP contribution is 2.19. The maximum absolute atomic E-state index is 5.44. The van der Waals surface area contributed by atoms with E-state index in [2.05, 4.69) is 31.8 Å². The second-order valence-electron chi connectivity index (χ2n) is 3.55. The van der Waals surface area contributed by atoms with Crippen LogP contribution in [0.1, 0.15) is 28.9 Å². The molecule has 0 aliphatic carbocycles. The van der Waals surface area contributed by atoms with Crippen molar-refractivity contribution in [2.24, 2.45) is 5.73 Å². The van der Waals surface area contributed by atoms with Gasteiger partial charge in [-0.1, -0.05) is 11.6 Å². The second-order valence-corrected chi connectivity index (χ2v) is 4.84. The van der Waals surface area contributed by atoms with Gasteiger partial charge in [-0.3, -0.25) is 0 Å². The third kappa shape index (κ3) is 3.24. The lowest BCUT2D eigenvalue weighted by Gasteiger charge is -1.96. The van der Waals surface area contributed by atoms with Crippen molar-refractivity contribution in [1.29, 1.82) is 0 Å². The van der Waals surface area contributed by atoms with E-state index in [1.807, 2.05) is 0 Å². The van der Waals surface area contributed by atoms with Crippen molar-refractivity contribution < 1.29 is 0 Å². The first-order valence-electron chi connectivity index (χ1n) is 4.92. The Morgan fingerprint density at radius 2 is 2.21 bits per heavy atom. The molecule has 0 saturated heterocycles. The van der Waals surface area contributed by atoms with Crippen molar-refractivity contribution in [2.45, 2.75) is 33.6 Å². The molecule has 1 heterocycles. The molecule has 0 atom stereocenters. The minimum atomic E-state index is 0.729. The number of aromatic nitrogens is 1. The first-order chi connectivity index (χ1) is 6.63. The maximum Gasteiger partial charge on any atom is 0.0971 e. The third-order valence-corrected chi connectivity index (χ3v) is 3.24. The van der Waals surface area contributed by atoms with Gasteiger partial charge in [-0.15, -0.1) is 11.3 Å². The summed E-state index contributed by atoms with van der Waals surface area (Å²) in [6.07, 6.45) is 4.14. The average Bonchev–Trinajstić information content (AvgIpc) is 2.42. The molecule has 14 heavy (non-hydrogen) atoms. The molecule has 0 aliphatic rings. The molecule has 3 heteroatoms. The van der Waals surface area contributed by atoms with Crippen molar-refractivity contribution in [3.8, 4) is 0 Å². The summed E-state index contributed by atoms with van der Waals surface area (Å²) in [4.78, 5) is 5.83. The fourth-order valence-electron chi connectivity index (χ4n) is 1.26. The van der Waals surface area contributed by atoms with E-state index in [4.69, 9.17) is 5.73 Å². The number of thiazole rings is 1. The molecule has 0 unspecified atom stereocenters. The molecule has 2 nitrogen and oxygen atoms in total. The van der Waals surface area contributed by atoms with Crippen LogP contribution in [0.2, 0.25) is 0 Å². The number of allylic oxidation sites excluding steroid dienone is 1. The van der Waals surface area contributed by atoms with Gasteiger partial charge in [0.05, 0.1) is 10.7 Å². The standard InChI is InChI=1S/C11H18N2S/c1-8(5-4-6-12)7-11-13-9(2)10(3)14-11/h5H,4,6-7,12H2,1-3H3. The van der Waals surface area contributed by atoms with Gasteiger partial charge in [0.25, 0.3) is 0 Å². The van der Waals surface area contributed by atoms with Crippen molar-refractivity contribution in [3.63, 3.8) is 0 Å². The zero-order valence-corrected chi connectivity index (χ0v) is 9.95. The number of hydrogen-bond donors (Lipinski definition) is 1. The Balaban J connectivity index is 2.60. The molecular formula is C11H18N2S. The van der Waals surface area contributed by atoms with Crippen LogP contribution in [0.5, 0.6) is 0 Å². The minimum absolute atomic E-state index is 0.729. The van der Waals surface area contributed by atoms with Crippen LogP contribution in [-0.2, 0) is 6.42 Å². The molecule has 0 aliphatic heterocycles. The Morgan fingerprint density at radius 3 is 2.71 bits per heavy atom. The highest BCUT2D eigenvalue weighted by molar-refractivity contribution is 7.11. The fraction of sp³-hybridized carbons (Fsp3) is 0.545. The quantitative estimate of drug-likeness (QED) is 0.776. The molecule has 0 saturated carbocycles. The van der Waals surface area contributed by atoms with Gasteiger partial charge in [-0.2, -0.15) is 0 Å². The summed E-state index contributed by atoms with van der Waals surface area (Å²) in [6, 6.07) is 0. The Bertz CT molecular complexity index is 307. The Hall–Kier alpha value is -0.670. The summed E-state index contributed by atoms with van der Waals surface area (Å²) in [5.41, 5.74) is 7.97. The van der Waals surface area contributed by atoms with Gasteiger partial charge >= 0.3 is 0 Å². The maximum atomic E-state index is 5.44. The van der Waals surface area contributed by atoms with E-state index in [0.717, 1.165) is 25.1 Å². The summed E-state index contributed by atoms with van der Waals surface area (Å²) in [5.74, 6) is 0. The van der Waals surface area contributed by atoms with Crippen LogP contribution < -0.4 is 5.73 Å². The van der Waals surface area contributed by atoms with Crippen molar-refractivity contribution >= 4 is 11.3 Å². The lowest BCUT2D eigenvalue weighted by molar-refractivity contribution is 0.975. The van der Waals surface area contributed by atoms with E-state index < -0.39 is 0 Å². The largest absolute Gasteiger partial charge is 0.330 e. The number of aryl methyl sites for hydroxylation is 2. The molecule has 0 spiro atoms. The average molecular weight is 210 g/mol. The second kappa shape index (κ2) is 5.27. The van der Waals surface area contributed by atoms with E-state index in [9.17, 15) is 0 Å². The van der Waals surface area contributed by atoms with Crippen molar-refractivity contribution in [1.82, 2.24) is 4.98 Å². The Morgan fingerprint density at radius 1 is 1.50 bits per heavy atom. The predicted octanol–water partition coefficient (Wildman–Crippen LogP) is 2.60. The van der Waals surface area contributed by atoms with Crippen molar-refractivity contribution in [2.75, 3.05) is 6.54 Å². The molecule has 0 aromatic carbocycles. The zero-order valence-electron chi connectivity index (χ0n) is 9.13. The smallest absolute Gasteiger partial charge is 0.0971 e. The lowest BCUT2D eigenvalue weighted by atomic mass is 10.2. The van der Waals surface area contributed by atoms with E-state index in [0.29, 0.717) is 0 Å². The SMILES string of the molecule is CC(=CCCN)Cc1nc(C)c(C)s1. The third-order valence-electron chi connectivity index (χ3n) is 2.16. The lowest BCUT2D eigenvalue weighted by Crippen LogP contribution is -1.96. The van der Waals surface area contributed by atoms with Gasteiger partial charge < -0.3 is 5.73 Å². The topological polar surface area (TPSA) is 38.9 Å². The Labute approximate surface area is 89.9 Å². The van der Waals surface area contributed by atoms with Crippen LogP contribution in [0.25, 0.3) is 0 Å². The van der Waals surface area contributed by atoms with Crippen LogP contribution in [0, 0.1) is 13.8 Å². The predicted molar refractivity (Wildman–Crippen MR) is 62.7 cm³/mol. The summed E-state index contributed by atoms with van der Waals surface area (Å²) < 4.78 is 0. The van der Waals surface area contributed by atoms with Crippen LogP contribution in [0.15, 0.2) is 11.6 Å². The molecule has 1 aromatic rings. The first-order valence-corrected chi connectivity index (χ1v) is 5.73. The highest BCUT2D eigenvalue weighted by Gasteiger charge is 2.03. The molecule has 0 fully saturated rings. The normalized spacial score (nSPS) is 12.1. The van der Waals surface area contributed by atoms with Gasteiger partial charge in [0.15, 0.2) is 0 Å². The number of hydrogen-bond acceptors (Lipinski definition) is 3. The van der Waals surface area contributed by atoms with E-state index in [1.54, 1.807) is 11.3 Å². The number of nitrogens with zero attached hydrogens (tertiary/aromatic N) is 1. The van der Waals surface area contributed by atoms with Crippen LogP contribution in [0.3, 0.4) is 0 Å². The van der Waals surface area contributed by atoms with E-state index >= 15 is 0 Å². The molecular weight excluding hydrogens is 192 g/mol. The molecule has 0 radical (unpaired) electrons. The fourth-order valence-corrected chi connectivity index (χ4v) is 2.28. The number of nitrogens with two attached hydrogens (primary N) is 1. The van der Waals surface area contributed by atoms with E-state index in [1.165, 1.54) is 15.5 Å². The summed E-state index contributed by atoms with van der Waals surface area (Å²) >= 11 is 1.79. The van der Waals surface area contributed by atoms with Gasteiger partial charge in [-0.05, 0) is 33.7 Å². The Kier molecular flexibility index (Phi) is 4.29. The van der Waals surface area contributed by atoms with E-state index in [-0.39, 0.29) is 0 Å². The van der Waals surface area contributed by atoms with Gasteiger partial charge in [0.2, 0.25) is 0 Å². The summed E-state index contributed by atoms with van der Waals surface area (Å²) in [5, 5.41) is 1.21. The molecule has 0 bridgehead atoms. The summed E-state index contributed by atoms with van der Waals surface area (Å²) in [7, 11) is 0. The molecule has 2 N–H and O–H groups in total. The van der Waals surface area contributed by atoms with Crippen LogP contribution >= 0.6 is 11.3 Å². The zero-order chi connectivity index (χ0) is 10.6. The molecule has 78 valence electrons. The molecule has 1 rings (SSSR count). The first kappa shape index (κ1) is 11.4. The van der Waals surface area contributed by atoms with Crippen LogP contribution in [0.4, 0.5) is 0 Å². The minimum Gasteiger partial charge on any atom is -0.330 e. The van der Waals surface area contributed by atoms with Gasteiger partial charge in [0, 0.05) is 11.3 Å². The van der Waals surface area contributed by atoms with Crippen molar-refractivity contribution in [3.05, 3.63) is 27.2 Å². The number of rotatable bonds is 4. The summed E-state index contributed by atoms with van der Waals surface area (Å²) in [6.45, 7) is 7.05.